The molecule has 0 spiro atoms. The highest BCUT2D eigenvalue weighted by Crippen LogP contribution is 2.33. The third kappa shape index (κ3) is 3.05. The molecule has 2 N–H and O–H groups in total. The molecular weight excluding hydrogens is 316 g/mol. The zero-order valence-corrected chi connectivity index (χ0v) is 14.2. The second-order valence-corrected chi connectivity index (χ2v) is 6.47. The van der Waals surface area contributed by atoms with Gasteiger partial charge in [0.2, 0.25) is 0 Å². The summed E-state index contributed by atoms with van der Waals surface area (Å²) >= 11 is 0. The number of aliphatic hydroxyl groups is 1. The Morgan fingerprint density at radius 1 is 1.24 bits per heavy atom. The number of fused-ring (bicyclic) bond motifs is 1. The van der Waals surface area contributed by atoms with Gasteiger partial charge in [0.25, 0.3) is 0 Å². The second kappa shape index (κ2) is 6.72. The molecule has 0 bridgehead atoms. The molecule has 1 aliphatic carbocycles. The van der Waals surface area contributed by atoms with Gasteiger partial charge in [-0.15, -0.1) is 0 Å². The molecule has 1 fully saturated rings. The first-order valence-corrected chi connectivity index (χ1v) is 8.61. The van der Waals surface area contributed by atoms with Crippen molar-refractivity contribution in [3.05, 3.63) is 48.4 Å². The molecular formula is C19H22N4O2. The lowest BCUT2D eigenvalue weighted by Gasteiger charge is -2.14. The molecule has 6 heteroatoms. The van der Waals surface area contributed by atoms with E-state index in [2.05, 4.69) is 26.0 Å². The van der Waals surface area contributed by atoms with E-state index in [4.69, 9.17) is 4.74 Å². The average Bonchev–Trinajstić information content (AvgIpc) is 3.26. The van der Waals surface area contributed by atoms with Crippen LogP contribution >= 0.6 is 0 Å². The molecule has 0 aliphatic heterocycles. The van der Waals surface area contributed by atoms with Crippen molar-refractivity contribution >= 4 is 16.9 Å². The normalized spacial score (nSPS) is 20.1. The standard InChI is InChI=1S/C19H22N4O2/c1-25-17-5-3-2-4-13(17)11-20-18-16-8-9-23(19(16)22-12-21-18)14-6-7-15(24)10-14/h2-5,8-9,12,14-15,24H,6-7,10-11H2,1H3,(H,20,21,22). The van der Waals surface area contributed by atoms with Gasteiger partial charge >= 0.3 is 0 Å². The van der Waals surface area contributed by atoms with Crippen LogP contribution in [-0.4, -0.2) is 32.9 Å². The summed E-state index contributed by atoms with van der Waals surface area (Å²) < 4.78 is 7.57. The Labute approximate surface area is 146 Å². The molecule has 1 saturated carbocycles. The summed E-state index contributed by atoms with van der Waals surface area (Å²) in [5, 5.41) is 14.2. The molecule has 4 rings (SSSR count). The van der Waals surface area contributed by atoms with Gasteiger partial charge in [0.1, 0.15) is 23.5 Å². The number of anilines is 1. The summed E-state index contributed by atoms with van der Waals surface area (Å²) in [4.78, 5) is 8.87. The number of ether oxygens (including phenoxy) is 1. The maximum Gasteiger partial charge on any atom is 0.145 e. The van der Waals surface area contributed by atoms with Crippen LogP contribution in [0.3, 0.4) is 0 Å². The van der Waals surface area contributed by atoms with Gasteiger partial charge in [0, 0.05) is 24.3 Å². The molecule has 2 unspecified atom stereocenters. The molecule has 2 heterocycles. The van der Waals surface area contributed by atoms with E-state index in [-0.39, 0.29) is 6.10 Å². The van der Waals surface area contributed by atoms with Crippen LogP contribution in [0.15, 0.2) is 42.9 Å². The quantitative estimate of drug-likeness (QED) is 0.748. The average molecular weight is 338 g/mol. The summed E-state index contributed by atoms with van der Waals surface area (Å²) in [6, 6.07) is 10.3. The lowest BCUT2D eigenvalue weighted by Crippen LogP contribution is -2.08. The number of nitrogens with one attached hydrogen (secondary N) is 1. The molecule has 2 atom stereocenters. The first-order valence-electron chi connectivity index (χ1n) is 8.61. The summed E-state index contributed by atoms with van der Waals surface area (Å²) in [5.74, 6) is 1.67. The van der Waals surface area contributed by atoms with Crippen LogP contribution in [-0.2, 0) is 6.54 Å². The first-order chi connectivity index (χ1) is 12.3. The number of aromatic nitrogens is 3. The van der Waals surface area contributed by atoms with Crippen LogP contribution in [0.25, 0.3) is 11.0 Å². The fourth-order valence-electron chi connectivity index (χ4n) is 3.62. The smallest absolute Gasteiger partial charge is 0.145 e. The fraction of sp³-hybridized carbons (Fsp3) is 0.368. The predicted octanol–water partition coefficient (Wildman–Crippen LogP) is 3.14. The lowest BCUT2D eigenvalue weighted by molar-refractivity contribution is 0.178. The molecule has 1 aromatic carbocycles. The maximum atomic E-state index is 9.81. The molecule has 25 heavy (non-hydrogen) atoms. The van der Waals surface area contributed by atoms with Gasteiger partial charge in [-0.05, 0) is 31.4 Å². The van der Waals surface area contributed by atoms with E-state index in [1.165, 1.54) is 0 Å². The van der Waals surface area contributed by atoms with Crippen LogP contribution in [0.4, 0.5) is 5.82 Å². The summed E-state index contributed by atoms with van der Waals surface area (Å²) in [7, 11) is 1.68. The van der Waals surface area contributed by atoms with Gasteiger partial charge in [0.15, 0.2) is 0 Å². The number of rotatable bonds is 5. The van der Waals surface area contributed by atoms with Crippen molar-refractivity contribution in [1.29, 1.82) is 0 Å². The Balaban J connectivity index is 1.59. The van der Waals surface area contributed by atoms with Crippen molar-refractivity contribution in [1.82, 2.24) is 14.5 Å². The number of methoxy groups -OCH3 is 1. The van der Waals surface area contributed by atoms with Crippen molar-refractivity contribution in [2.45, 2.75) is 38.0 Å². The minimum atomic E-state index is -0.201. The van der Waals surface area contributed by atoms with Crippen LogP contribution < -0.4 is 10.1 Å². The third-order valence-corrected chi connectivity index (χ3v) is 4.92. The second-order valence-electron chi connectivity index (χ2n) is 6.47. The monoisotopic (exact) mass is 338 g/mol. The number of nitrogens with zero attached hydrogens (tertiary/aromatic N) is 3. The Morgan fingerprint density at radius 2 is 2.12 bits per heavy atom. The summed E-state index contributed by atoms with van der Waals surface area (Å²) in [6.07, 6.45) is 6.07. The third-order valence-electron chi connectivity index (χ3n) is 4.92. The lowest BCUT2D eigenvalue weighted by atomic mass is 10.2. The molecule has 3 aromatic rings. The van der Waals surface area contributed by atoms with Crippen LogP contribution in [0.2, 0.25) is 0 Å². The fourth-order valence-corrected chi connectivity index (χ4v) is 3.62. The van der Waals surface area contributed by atoms with E-state index < -0.39 is 0 Å². The zero-order valence-electron chi connectivity index (χ0n) is 14.2. The molecule has 130 valence electrons. The van der Waals surface area contributed by atoms with Crippen molar-refractivity contribution in [2.24, 2.45) is 0 Å². The highest BCUT2D eigenvalue weighted by atomic mass is 16.5. The van der Waals surface area contributed by atoms with E-state index in [1.807, 2.05) is 30.3 Å². The molecule has 6 nitrogen and oxygen atoms in total. The minimum Gasteiger partial charge on any atom is -0.496 e. The van der Waals surface area contributed by atoms with Gasteiger partial charge in [0.05, 0.1) is 18.6 Å². The molecule has 0 amide bonds. The number of aliphatic hydroxyl groups excluding tert-OH is 1. The van der Waals surface area contributed by atoms with Gasteiger partial charge in [-0.25, -0.2) is 9.97 Å². The Morgan fingerprint density at radius 3 is 2.92 bits per heavy atom. The summed E-state index contributed by atoms with van der Waals surface area (Å²) in [6.45, 7) is 0.628. The highest BCUT2D eigenvalue weighted by molar-refractivity contribution is 5.87. The SMILES string of the molecule is COc1ccccc1CNc1ncnc2c1ccn2C1CCC(O)C1. The van der Waals surface area contributed by atoms with Crippen LogP contribution in [0.5, 0.6) is 5.75 Å². The Hall–Kier alpha value is -2.60. The van der Waals surface area contributed by atoms with E-state index in [0.29, 0.717) is 12.6 Å². The largest absolute Gasteiger partial charge is 0.496 e. The minimum absolute atomic E-state index is 0.201. The van der Waals surface area contributed by atoms with Crippen LogP contribution in [0, 0.1) is 0 Å². The van der Waals surface area contributed by atoms with E-state index in [9.17, 15) is 5.11 Å². The van der Waals surface area contributed by atoms with E-state index in [1.54, 1.807) is 13.4 Å². The van der Waals surface area contributed by atoms with Crippen molar-refractivity contribution in [3.8, 4) is 5.75 Å². The van der Waals surface area contributed by atoms with Gasteiger partial charge < -0.3 is 19.7 Å². The number of hydrogen-bond acceptors (Lipinski definition) is 5. The predicted molar refractivity (Wildman–Crippen MR) is 96.7 cm³/mol. The van der Waals surface area contributed by atoms with E-state index in [0.717, 1.165) is 47.4 Å². The molecule has 1 aliphatic rings. The molecule has 0 radical (unpaired) electrons. The maximum absolute atomic E-state index is 9.81. The van der Waals surface area contributed by atoms with Crippen LogP contribution in [0.1, 0.15) is 30.9 Å². The molecule has 2 aromatic heterocycles. The topological polar surface area (TPSA) is 72.2 Å². The van der Waals surface area contributed by atoms with Crippen molar-refractivity contribution in [3.63, 3.8) is 0 Å². The number of hydrogen-bond donors (Lipinski definition) is 2. The van der Waals surface area contributed by atoms with Crippen molar-refractivity contribution in [2.75, 3.05) is 12.4 Å². The summed E-state index contributed by atoms with van der Waals surface area (Å²) in [5.41, 5.74) is 1.99. The zero-order chi connectivity index (χ0) is 17.2. The van der Waals surface area contributed by atoms with Gasteiger partial charge in [-0.3, -0.25) is 0 Å². The number of benzene rings is 1. The Bertz CT molecular complexity index is 877. The number of para-hydroxylation sites is 1. The van der Waals surface area contributed by atoms with E-state index >= 15 is 0 Å². The van der Waals surface area contributed by atoms with Gasteiger partial charge in [-0.2, -0.15) is 0 Å². The highest BCUT2D eigenvalue weighted by Gasteiger charge is 2.25. The first kappa shape index (κ1) is 15.9. The Kier molecular flexibility index (Phi) is 4.28. The molecule has 0 saturated heterocycles. The van der Waals surface area contributed by atoms with Gasteiger partial charge in [-0.1, -0.05) is 18.2 Å². The van der Waals surface area contributed by atoms with Crippen molar-refractivity contribution < 1.29 is 9.84 Å².